The minimum atomic E-state index is 0.891. The summed E-state index contributed by atoms with van der Waals surface area (Å²) >= 11 is 0. The van der Waals surface area contributed by atoms with E-state index in [0.717, 1.165) is 22.3 Å². The molecule has 0 bridgehead atoms. The molecule has 0 N–H and O–H groups in total. The van der Waals surface area contributed by atoms with Crippen molar-refractivity contribution < 1.29 is 4.42 Å². The van der Waals surface area contributed by atoms with E-state index in [-0.39, 0.29) is 0 Å². The standard InChI is InChI=1S/C42H26O/c1-2-13-29(14-3-1)41-34-18-8-9-19-35(34)42(40-26-37-32-17-7-5-12-28(32)22-24-39(37)43-40)38-25-30(21-23-36(38)41)33-20-10-15-27-11-4-6-16-31(27)33/h1-26H. The maximum absolute atomic E-state index is 6.74. The summed E-state index contributed by atoms with van der Waals surface area (Å²) in [7, 11) is 0. The van der Waals surface area contributed by atoms with Crippen LogP contribution >= 0.6 is 0 Å². The fraction of sp³-hybridized carbons (Fsp3) is 0. The molecule has 0 unspecified atom stereocenters. The van der Waals surface area contributed by atoms with Gasteiger partial charge in [0.15, 0.2) is 0 Å². The molecule has 200 valence electrons. The Morgan fingerprint density at radius 3 is 1.77 bits per heavy atom. The van der Waals surface area contributed by atoms with Gasteiger partial charge in [0.1, 0.15) is 11.3 Å². The molecule has 1 aromatic heterocycles. The summed E-state index contributed by atoms with van der Waals surface area (Å²) in [5.41, 5.74) is 6.93. The van der Waals surface area contributed by atoms with Crippen LogP contribution in [0.5, 0.6) is 0 Å². The van der Waals surface area contributed by atoms with Crippen molar-refractivity contribution in [1.82, 2.24) is 0 Å². The van der Waals surface area contributed by atoms with E-state index >= 15 is 0 Å². The molecule has 1 heteroatoms. The fourth-order valence-corrected chi connectivity index (χ4v) is 6.92. The van der Waals surface area contributed by atoms with Gasteiger partial charge in [-0.05, 0) is 83.5 Å². The summed E-state index contributed by atoms with van der Waals surface area (Å²) < 4.78 is 6.74. The van der Waals surface area contributed by atoms with E-state index in [1.165, 1.54) is 65.3 Å². The molecule has 1 nitrogen and oxygen atoms in total. The Morgan fingerprint density at radius 1 is 0.326 bits per heavy atom. The van der Waals surface area contributed by atoms with Crippen molar-refractivity contribution in [3.8, 4) is 33.6 Å². The normalized spacial score (nSPS) is 11.7. The van der Waals surface area contributed by atoms with Crippen LogP contribution in [0.3, 0.4) is 0 Å². The molecule has 0 atom stereocenters. The molecule has 0 radical (unpaired) electrons. The summed E-state index contributed by atoms with van der Waals surface area (Å²) in [6, 6.07) is 56.7. The van der Waals surface area contributed by atoms with Gasteiger partial charge in [0.25, 0.3) is 0 Å². The van der Waals surface area contributed by atoms with Crippen LogP contribution in [0.4, 0.5) is 0 Å². The average Bonchev–Trinajstić information content (AvgIpc) is 3.51. The number of fused-ring (bicyclic) bond motifs is 6. The highest BCUT2D eigenvalue weighted by Crippen LogP contribution is 2.46. The molecule has 0 aliphatic rings. The largest absolute Gasteiger partial charge is 0.456 e. The first kappa shape index (κ1) is 24.0. The minimum Gasteiger partial charge on any atom is -0.456 e. The third-order valence-electron chi connectivity index (χ3n) is 8.86. The Bertz CT molecular complexity index is 2490. The molecule has 0 fully saturated rings. The van der Waals surface area contributed by atoms with Crippen LogP contribution in [0, 0.1) is 0 Å². The number of rotatable bonds is 3. The van der Waals surface area contributed by atoms with Crippen LogP contribution in [0.15, 0.2) is 162 Å². The fourth-order valence-electron chi connectivity index (χ4n) is 6.92. The zero-order valence-electron chi connectivity index (χ0n) is 23.4. The van der Waals surface area contributed by atoms with Gasteiger partial charge in [-0.15, -0.1) is 0 Å². The van der Waals surface area contributed by atoms with Crippen LogP contribution in [0.1, 0.15) is 0 Å². The second-order valence-corrected chi connectivity index (χ2v) is 11.3. The van der Waals surface area contributed by atoms with Gasteiger partial charge >= 0.3 is 0 Å². The zero-order chi connectivity index (χ0) is 28.3. The molecule has 43 heavy (non-hydrogen) atoms. The smallest absolute Gasteiger partial charge is 0.136 e. The van der Waals surface area contributed by atoms with Gasteiger partial charge in [-0.25, -0.2) is 0 Å². The SMILES string of the molecule is c1ccc(-c2c3ccccc3c(-c3cc4c(ccc5ccccc54)o3)c3cc(-c4cccc5ccccc45)ccc23)cc1. The first-order valence-corrected chi connectivity index (χ1v) is 14.8. The van der Waals surface area contributed by atoms with E-state index in [2.05, 4.69) is 158 Å². The van der Waals surface area contributed by atoms with E-state index in [0.29, 0.717) is 0 Å². The highest BCUT2D eigenvalue weighted by Gasteiger charge is 2.20. The van der Waals surface area contributed by atoms with E-state index in [1.807, 2.05) is 0 Å². The maximum Gasteiger partial charge on any atom is 0.136 e. The number of hydrogen-bond donors (Lipinski definition) is 0. The number of furan rings is 1. The average molecular weight is 547 g/mol. The van der Waals surface area contributed by atoms with Crippen LogP contribution < -0.4 is 0 Å². The molecule has 9 rings (SSSR count). The van der Waals surface area contributed by atoms with Crippen molar-refractivity contribution in [3.05, 3.63) is 158 Å². The Kier molecular flexibility index (Phi) is 5.27. The van der Waals surface area contributed by atoms with Crippen molar-refractivity contribution >= 4 is 54.1 Å². The van der Waals surface area contributed by atoms with E-state index in [1.54, 1.807) is 0 Å². The third kappa shape index (κ3) is 3.72. The lowest BCUT2D eigenvalue weighted by Gasteiger charge is -2.18. The van der Waals surface area contributed by atoms with Crippen molar-refractivity contribution in [3.63, 3.8) is 0 Å². The van der Waals surface area contributed by atoms with Crippen molar-refractivity contribution in [2.45, 2.75) is 0 Å². The lowest BCUT2D eigenvalue weighted by molar-refractivity contribution is 0.633. The van der Waals surface area contributed by atoms with Gasteiger partial charge in [-0.2, -0.15) is 0 Å². The van der Waals surface area contributed by atoms with E-state index in [9.17, 15) is 0 Å². The first-order valence-electron chi connectivity index (χ1n) is 14.8. The quantitative estimate of drug-likeness (QED) is 0.201. The molecular formula is C42H26O. The lowest BCUT2D eigenvalue weighted by Crippen LogP contribution is -1.91. The summed E-state index contributed by atoms with van der Waals surface area (Å²) in [6.07, 6.45) is 0. The Labute approximate surface area is 249 Å². The lowest BCUT2D eigenvalue weighted by atomic mass is 9.86. The van der Waals surface area contributed by atoms with Gasteiger partial charge < -0.3 is 4.42 Å². The van der Waals surface area contributed by atoms with Crippen molar-refractivity contribution in [1.29, 1.82) is 0 Å². The second kappa shape index (κ2) is 9.44. The molecule has 0 amide bonds. The zero-order valence-corrected chi connectivity index (χ0v) is 23.4. The van der Waals surface area contributed by atoms with Crippen molar-refractivity contribution in [2.24, 2.45) is 0 Å². The van der Waals surface area contributed by atoms with Gasteiger partial charge in [0.2, 0.25) is 0 Å². The third-order valence-corrected chi connectivity index (χ3v) is 8.86. The van der Waals surface area contributed by atoms with Gasteiger partial charge in [-0.1, -0.05) is 140 Å². The summed E-state index contributed by atoms with van der Waals surface area (Å²) in [5.74, 6) is 0.891. The molecule has 0 aliphatic carbocycles. The minimum absolute atomic E-state index is 0.891. The number of benzene rings is 8. The number of hydrogen-bond acceptors (Lipinski definition) is 1. The molecule has 8 aromatic carbocycles. The Hall–Kier alpha value is -5.66. The predicted molar refractivity (Wildman–Crippen MR) is 183 cm³/mol. The maximum atomic E-state index is 6.74. The molecular weight excluding hydrogens is 520 g/mol. The molecule has 9 aromatic rings. The van der Waals surface area contributed by atoms with Crippen molar-refractivity contribution in [2.75, 3.05) is 0 Å². The summed E-state index contributed by atoms with van der Waals surface area (Å²) in [4.78, 5) is 0. The van der Waals surface area contributed by atoms with Gasteiger partial charge in [-0.3, -0.25) is 0 Å². The van der Waals surface area contributed by atoms with Gasteiger partial charge in [0, 0.05) is 10.9 Å². The molecule has 0 aliphatic heterocycles. The summed E-state index contributed by atoms with van der Waals surface area (Å²) in [6.45, 7) is 0. The Balaban J connectivity index is 1.43. The van der Waals surface area contributed by atoms with Crippen LogP contribution in [0.25, 0.3) is 87.6 Å². The monoisotopic (exact) mass is 546 g/mol. The molecule has 0 saturated heterocycles. The second-order valence-electron chi connectivity index (χ2n) is 11.3. The first-order chi connectivity index (χ1) is 21.3. The van der Waals surface area contributed by atoms with Crippen LogP contribution in [-0.2, 0) is 0 Å². The molecule has 0 saturated carbocycles. The molecule has 1 heterocycles. The predicted octanol–water partition coefficient (Wildman–Crippen LogP) is 12.0. The highest BCUT2D eigenvalue weighted by molar-refractivity contribution is 6.22. The van der Waals surface area contributed by atoms with E-state index in [4.69, 9.17) is 4.42 Å². The Morgan fingerprint density at radius 2 is 0.953 bits per heavy atom. The topological polar surface area (TPSA) is 13.1 Å². The van der Waals surface area contributed by atoms with Crippen LogP contribution in [-0.4, -0.2) is 0 Å². The van der Waals surface area contributed by atoms with Crippen LogP contribution in [0.2, 0.25) is 0 Å². The molecule has 0 spiro atoms. The highest BCUT2D eigenvalue weighted by atomic mass is 16.3. The summed E-state index contributed by atoms with van der Waals surface area (Å²) in [5, 5.41) is 10.9. The van der Waals surface area contributed by atoms with Gasteiger partial charge in [0.05, 0.1) is 0 Å². The van der Waals surface area contributed by atoms with E-state index < -0.39 is 0 Å².